The van der Waals surface area contributed by atoms with Crippen molar-refractivity contribution in [2.45, 2.75) is 51.6 Å². The minimum atomic E-state index is 0.00378. The van der Waals surface area contributed by atoms with Crippen molar-refractivity contribution in [3.63, 3.8) is 0 Å². The Morgan fingerprint density at radius 2 is 1.90 bits per heavy atom. The van der Waals surface area contributed by atoms with Gasteiger partial charge in [0.1, 0.15) is 5.82 Å². The lowest BCUT2D eigenvalue weighted by atomic mass is 10.00. The maximum Gasteiger partial charge on any atom is 0.251 e. The van der Waals surface area contributed by atoms with E-state index in [1.54, 1.807) is 0 Å². The fourth-order valence-corrected chi connectivity index (χ4v) is 4.84. The van der Waals surface area contributed by atoms with Crippen LogP contribution in [0.2, 0.25) is 0 Å². The van der Waals surface area contributed by atoms with Crippen molar-refractivity contribution in [1.82, 2.24) is 19.8 Å². The SMILES string of the molecule is O=C(NCCCN1CCc2ccccc2C1)c1ccc2c(c1)nc1n2CCCCC1. The van der Waals surface area contributed by atoms with E-state index in [0.29, 0.717) is 12.1 Å². The van der Waals surface area contributed by atoms with E-state index in [1.165, 1.54) is 36.2 Å². The van der Waals surface area contributed by atoms with Crippen molar-refractivity contribution < 1.29 is 4.79 Å². The van der Waals surface area contributed by atoms with Crippen molar-refractivity contribution in [1.29, 1.82) is 0 Å². The number of hydrogen-bond acceptors (Lipinski definition) is 3. The van der Waals surface area contributed by atoms with Crippen LogP contribution in [0, 0.1) is 0 Å². The second kappa shape index (κ2) is 8.60. The van der Waals surface area contributed by atoms with E-state index in [1.807, 2.05) is 12.1 Å². The highest BCUT2D eigenvalue weighted by Gasteiger charge is 2.17. The number of carbonyl (C=O) groups excluding carboxylic acids is 1. The molecule has 0 atom stereocenters. The molecule has 156 valence electrons. The number of nitrogens with one attached hydrogen (secondary N) is 1. The van der Waals surface area contributed by atoms with Crippen LogP contribution in [0.25, 0.3) is 11.0 Å². The van der Waals surface area contributed by atoms with Crippen LogP contribution in [-0.2, 0) is 25.9 Å². The molecule has 5 rings (SSSR count). The van der Waals surface area contributed by atoms with Gasteiger partial charge in [0.15, 0.2) is 0 Å². The fraction of sp³-hybridized carbons (Fsp3) is 0.440. The monoisotopic (exact) mass is 402 g/mol. The van der Waals surface area contributed by atoms with Crippen molar-refractivity contribution in [2.75, 3.05) is 19.6 Å². The molecule has 0 bridgehead atoms. The molecule has 0 spiro atoms. The summed E-state index contributed by atoms with van der Waals surface area (Å²) < 4.78 is 2.33. The predicted molar refractivity (Wildman–Crippen MR) is 120 cm³/mol. The Labute approximate surface area is 178 Å². The summed E-state index contributed by atoms with van der Waals surface area (Å²) in [5.74, 6) is 1.17. The minimum absolute atomic E-state index is 0.00378. The number of imidazole rings is 1. The lowest BCUT2D eigenvalue weighted by Gasteiger charge is -2.28. The van der Waals surface area contributed by atoms with E-state index in [9.17, 15) is 4.79 Å². The smallest absolute Gasteiger partial charge is 0.251 e. The molecular weight excluding hydrogens is 372 g/mol. The Bertz CT molecular complexity index is 1050. The molecule has 0 radical (unpaired) electrons. The fourth-order valence-electron chi connectivity index (χ4n) is 4.84. The Kier molecular flexibility index (Phi) is 5.54. The van der Waals surface area contributed by atoms with Gasteiger partial charge >= 0.3 is 0 Å². The molecule has 3 aromatic rings. The maximum atomic E-state index is 12.6. The highest BCUT2D eigenvalue weighted by Crippen LogP contribution is 2.23. The number of amides is 1. The molecule has 30 heavy (non-hydrogen) atoms. The van der Waals surface area contributed by atoms with Crippen LogP contribution in [-0.4, -0.2) is 40.0 Å². The molecule has 1 amide bonds. The molecule has 2 aliphatic rings. The van der Waals surface area contributed by atoms with Gasteiger partial charge in [-0.05, 0) is 55.0 Å². The summed E-state index contributed by atoms with van der Waals surface area (Å²) in [4.78, 5) is 19.9. The third-order valence-electron chi connectivity index (χ3n) is 6.52. The number of aryl methyl sites for hydroxylation is 2. The summed E-state index contributed by atoms with van der Waals surface area (Å²) in [6, 6.07) is 14.7. The van der Waals surface area contributed by atoms with Crippen LogP contribution in [0.15, 0.2) is 42.5 Å². The van der Waals surface area contributed by atoms with Crippen LogP contribution in [0.4, 0.5) is 0 Å². The highest BCUT2D eigenvalue weighted by molar-refractivity contribution is 5.97. The molecule has 0 fully saturated rings. The topological polar surface area (TPSA) is 50.2 Å². The van der Waals surface area contributed by atoms with Crippen LogP contribution in [0.3, 0.4) is 0 Å². The number of carbonyl (C=O) groups is 1. The lowest BCUT2D eigenvalue weighted by molar-refractivity contribution is 0.0951. The van der Waals surface area contributed by atoms with Crippen molar-refractivity contribution in [2.24, 2.45) is 0 Å². The number of nitrogens with zero attached hydrogens (tertiary/aromatic N) is 3. The molecule has 2 aromatic carbocycles. The summed E-state index contributed by atoms with van der Waals surface area (Å²) in [5, 5.41) is 3.09. The third-order valence-corrected chi connectivity index (χ3v) is 6.52. The van der Waals surface area contributed by atoms with E-state index in [0.717, 1.165) is 56.5 Å². The average Bonchev–Trinajstić information content (AvgIpc) is 2.96. The molecule has 1 aromatic heterocycles. The number of benzene rings is 2. The van der Waals surface area contributed by atoms with Crippen LogP contribution < -0.4 is 5.32 Å². The van der Waals surface area contributed by atoms with Gasteiger partial charge in [0.05, 0.1) is 11.0 Å². The number of hydrogen-bond donors (Lipinski definition) is 1. The first-order valence-corrected chi connectivity index (χ1v) is 11.3. The quantitative estimate of drug-likeness (QED) is 0.658. The largest absolute Gasteiger partial charge is 0.352 e. The van der Waals surface area contributed by atoms with Gasteiger partial charge in [0, 0.05) is 44.7 Å². The lowest BCUT2D eigenvalue weighted by Crippen LogP contribution is -2.33. The van der Waals surface area contributed by atoms with E-state index in [-0.39, 0.29) is 5.91 Å². The molecule has 1 N–H and O–H groups in total. The Hall–Kier alpha value is -2.66. The molecule has 3 heterocycles. The first-order valence-electron chi connectivity index (χ1n) is 11.3. The number of aromatic nitrogens is 2. The van der Waals surface area contributed by atoms with Crippen molar-refractivity contribution in [3.05, 3.63) is 65.0 Å². The number of rotatable bonds is 5. The standard InChI is InChI=1S/C25H30N4O/c30-25(26-13-6-14-28-16-12-19-7-3-4-8-21(19)18-28)20-10-11-23-22(17-20)27-24-9-2-1-5-15-29(23)24/h3-4,7-8,10-11,17H,1-2,5-6,9,12-16,18H2,(H,26,30). The zero-order chi connectivity index (χ0) is 20.3. The Morgan fingerprint density at radius 3 is 2.83 bits per heavy atom. The van der Waals surface area contributed by atoms with E-state index in [2.05, 4.69) is 45.1 Å². The van der Waals surface area contributed by atoms with Crippen molar-refractivity contribution in [3.8, 4) is 0 Å². The normalized spacial score (nSPS) is 16.7. The second-order valence-corrected chi connectivity index (χ2v) is 8.60. The van der Waals surface area contributed by atoms with E-state index >= 15 is 0 Å². The molecule has 0 saturated heterocycles. The van der Waals surface area contributed by atoms with Crippen molar-refractivity contribution >= 4 is 16.9 Å². The van der Waals surface area contributed by atoms with Gasteiger partial charge in [-0.1, -0.05) is 30.7 Å². The van der Waals surface area contributed by atoms with E-state index < -0.39 is 0 Å². The first kappa shape index (κ1) is 19.3. The maximum absolute atomic E-state index is 12.6. The summed E-state index contributed by atoms with van der Waals surface area (Å²) in [5.41, 5.74) is 5.75. The second-order valence-electron chi connectivity index (χ2n) is 8.60. The predicted octanol–water partition coefficient (Wildman–Crippen LogP) is 3.94. The molecular formula is C25H30N4O. The Morgan fingerprint density at radius 1 is 1.00 bits per heavy atom. The van der Waals surface area contributed by atoms with E-state index in [4.69, 9.17) is 4.98 Å². The first-order chi connectivity index (χ1) is 14.8. The molecule has 0 saturated carbocycles. The highest BCUT2D eigenvalue weighted by atomic mass is 16.1. The zero-order valence-corrected chi connectivity index (χ0v) is 17.6. The minimum Gasteiger partial charge on any atom is -0.352 e. The van der Waals surface area contributed by atoms with Gasteiger partial charge in [-0.25, -0.2) is 4.98 Å². The molecule has 2 aliphatic heterocycles. The van der Waals surface area contributed by atoms with Gasteiger partial charge < -0.3 is 9.88 Å². The van der Waals surface area contributed by atoms with Gasteiger partial charge in [-0.2, -0.15) is 0 Å². The zero-order valence-electron chi connectivity index (χ0n) is 17.6. The Balaban J connectivity index is 1.15. The van der Waals surface area contributed by atoms with Gasteiger partial charge in [-0.15, -0.1) is 0 Å². The molecule has 0 unspecified atom stereocenters. The summed E-state index contributed by atoms with van der Waals surface area (Å²) in [6.07, 6.45) is 6.82. The number of fused-ring (bicyclic) bond motifs is 4. The molecule has 0 aliphatic carbocycles. The van der Waals surface area contributed by atoms with Crippen LogP contribution in [0.1, 0.15) is 53.0 Å². The van der Waals surface area contributed by atoms with Gasteiger partial charge in [0.2, 0.25) is 0 Å². The molecule has 5 nitrogen and oxygen atoms in total. The van der Waals surface area contributed by atoms with Gasteiger partial charge in [0.25, 0.3) is 5.91 Å². The third kappa shape index (κ3) is 3.99. The average molecular weight is 403 g/mol. The van der Waals surface area contributed by atoms with Crippen LogP contribution >= 0.6 is 0 Å². The summed E-state index contributed by atoms with van der Waals surface area (Å²) in [7, 11) is 0. The summed E-state index contributed by atoms with van der Waals surface area (Å²) >= 11 is 0. The summed E-state index contributed by atoms with van der Waals surface area (Å²) in [6.45, 7) is 4.88. The van der Waals surface area contributed by atoms with Crippen LogP contribution in [0.5, 0.6) is 0 Å². The molecule has 5 heteroatoms. The van der Waals surface area contributed by atoms with Gasteiger partial charge in [-0.3, -0.25) is 9.69 Å².